The molecule has 0 aromatic heterocycles. The highest BCUT2D eigenvalue weighted by Crippen LogP contribution is 2.46. The standard InChI is InChI=1S/C17H23N5O3/c1-13-5-6-14(22(23)24)12-15(13)21-17(20-8-10-25-11-9-20)7-3-2-4-16(17)18-19-21/h5-6,12,16H,2-4,7-11H2,1H3/t16-,17-/m1/s1. The van der Waals surface area contributed by atoms with Crippen LogP contribution in [0.3, 0.4) is 0 Å². The lowest BCUT2D eigenvalue weighted by molar-refractivity contribution is -0.384. The van der Waals surface area contributed by atoms with E-state index in [1.165, 1.54) is 0 Å². The Balaban J connectivity index is 1.78. The quantitative estimate of drug-likeness (QED) is 0.621. The molecule has 25 heavy (non-hydrogen) atoms. The van der Waals surface area contributed by atoms with Gasteiger partial charge in [0.05, 0.1) is 23.8 Å². The number of hydrogen-bond donors (Lipinski definition) is 0. The number of rotatable bonds is 3. The van der Waals surface area contributed by atoms with Gasteiger partial charge in [0.15, 0.2) is 0 Å². The van der Waals surface area contributed by atoms with Crippen molar-refractivity contribution in [1.29, 1.82) is 0 Å². The average Bonchev–Trinajstić information content (AvgIpc) is 3.03. The molecule has 3 aliphatic rings. The maximum absolute atomic E-state index is 11.2. The SMILES string of the molecule is Cc1ccc([N+](=O)[O-])cc1N1N=N[C@@H]2CCCC[C@]21N1CCOCC1. The molecule has 8 heteroatoms. The number of nitro groups is 1. The number of nitro benzene ring substituents is 1. The molecular formula is C17H23N5O3. The first-order chi connectivity index (χ1) is 12.1. The minimum Gasteiger partial charge on any atom is -0.379 e. The third-order valence-electron chi connectivity index (χ3n) is 5.64. The smallest absolute Gasteiger partial charge is 0.271 e. The Morgan fingerprint density at radius 3 is 2.88 bits per heavy atom. The van der Waals surface area contributed by atoms with Gasteiger partial charge in [0.25, 0.3) is 5.69 Å². The van der Waals surface area contributed by atoms with Crippen molar-refractivity contribution in [2.24, 2.45) is 10.3 Å². The largest absolute Gasteiger partial charge is 0.379 e. The molecule has 0 bridgehead atoms. The molecule has 4 rings (SSSR count). The summed E-state index contributed by atoms with van der Waals surface area (Å²) in [7, 11) is 0. The van der Waals surface area contributed by atoms with Gasteiger partial charge in [-0.25, -0.2) is 5.01 Å². The van der Waals surface area contributed by atoms with Crippen molar-refractivity contribution in [3.63, 3.8) is 0 Å². The van der Waals surface area contributed by atoms with E-state index in [0.717, 1.165) is 50.0 Å². The normalized spacial score (nSPS) is 29.6. The fraction of sp³-hybridized carbons (Fsp3) is 0.647. The number of aryl methyl sites for hydroxylation is 1. The van der Waals surface area contributed by atoms with Gasteiger partial charge in [0, 0.05) is 25.2 Å². The molecule has 0 N–H and O–H groups in total. The highest BCUT2D eigenvalue weighted by Gasteiger charge is 2.55. The topological polar surface area (TPSA) is 83.6 Å². The van der Waals surface area contributed by atoms with Crippen molar-refractivity contribution in [2.75, 3.05) is 31.3 Å². The molecule has 2 aliphatic heterocycles. The summed E-state index contributed by atoms with van der Waals surface area (Å²) in [6.07, 6.45) is 4.24. The van der Waals surface area contributed by atoms with E-state index in [2.05, 4.69) is 15.2 Å². The number of nitrogens with zero attached hydrogens (tertiary/aromatic N) is 5. The zero-order valence-electron chi connectivity index (χ0n) is 14.4. The summed E-state index contributed by atoms with van der Waals surface area (Å²) in [5.41, 5.74) is 1.53. The van der Waals surface area contributed by atoms with Crippen LogP contribution in [-0.2, 0) is 4.74 Å². The molecule has 0 unspecified atom stereocenters. The molecule has 2 heterocycles. The number of fused-ring (bicyclic) bond motifs is 1. The first-order valence-corrected chi connectivity index (χ1v) is 8.92. The molecule has 1 saturated carbocycles. The van der Waals surface area contributed by atoms with E-state index in [0.29, 0.717) is 13.2 Å². The Bertz CT molecular complexity index is 704. The Morgan fingerprint density at radius 2 is 2.12 bits per heavy atom. The highest BCUT2D eigenvalue weighted by molar-refractivity contribution is 5.60. The molecule has 2 atom stereocenters. The van der Waals surface area contributed by atoms with E-state index < -0.39 is 0 Å². The lowest BCUT2D eigenvalue weighted by atomic mass is 9.82. The van der Waals surface area contributed by atoms with Crippen LogP contribution in [0.4, 0.5) is 11.4 Å². The fourth-order valence-electron chi connectivity index (χ4n) is 4.36. The predicted molar refractivity (Wildman–Crippen MR) is 92.5 cm³/mol. The molecule has 134 valence electrons. The fourth-order valence-corrected chi connectivity index (χ4v) is 4.36. The van der Waals surface area contributed by atoms with Gasteiger partial charge in [-0.1, -0.05) is 17.7 Å². The number of hydrogen-bond acceptors (Lipinski definition) is 7. The van der Waals surface area contributed by atoms with Crippen molar-refractivity contribution in [2.45, 2.75) is 44.3 Å². The lowest BCUT2D eigenvalue weighted by Gasteiger charge is -2.51. The minimum atomic E-state index is -0.351. The molecule has 8 nitrogen and oxygen atoms in total. The van der Waals surface area contributed by atoms with E-state index in [1.54, 1.807) is 18.2 Å². The second-order valence-electron chi connectivity index (χ2n) is 6.98. The zero-order valence-corrected chi connectivity index (χ0v) is 14.4. The van der Waals surface area contributed by atoms with Crippen LogP contribution in [-0.4, -0.2) is 47.8 Å². The number of ether oxygens (including phenoxy) is 1. The van der Waals surface area contributed by atoms with Crippen LogP contribution in [0.2, 0.25) is 0 Å². The second-order valence-corrected chi connectivity index (χ2v) is 6.98. The molecular weight excluding hydrogens is 322 g/mol. The molecule has 1 aromatic rings. The van der Waals surface area contributed by atoms with Crippen LogP contribution in [0, 0.1) is 17.0 Å². The Kier molecular flexibility index (Phi) is 4.16. The number of benzene rings is 1. The van der Waals surface area contributed by atoms with E-state index >= 15 is 0 Å². The lowest BCUT2D eigenvalue weighted by Crippen LogP contribution is -2.66. The first-order valence-electron chi connectivity index (χ1n) is 8.92. The van der Waals surface area contributed by atoms with Gasteiger partial charge in [0.2, 0.25) is 0 Å². The summed E-state index contributed by atoms with van der Waals surface area (Å²) in [6.45, 7) is 5.06. The summed E-state index contributed by atoms with van der Waals surface area (Å²) in [5, 5.41) is 22.3. The van der Waals surface area contributed by atoms with Crippen molar-refractivity contribution >= 4 is 11.4 Å². The van der Waals surface area contributed by atoms with Crippen LogP contribution in [0.15, 0.2) is 28.5 Å². The monoisotopic (exact) mass is 345 g/mol. The first kappa shape index (κ1) is 16.4. The second kappa shape index (κ2) is 6.34. The third kappa shape index (κ3) is 2.60. The average molecular weight is 345 g/mol. The van der Waals surface area contributed by atoms with Crippen LogP contribution in [0.5, 0.6) is 0 Å². The van der Waals surface area contributed by atoms with Crippen LogP contribution >= 0.6 is 0 Å². The summed E-state index contributed by atoms with van der Waals surface area (Å²) >= 11 is 0. The van der Waals surface area contributed by atoms with Crippen LogP contribution < -0.4 is 5.01 Å². The third-order valence-corrected chi connectivity index (χ3v) is 5.64. The van der Waals surface area contributed by atoms with Gasteiger partial charge in [-0.2, -0.15) is 5.11 Å². The van der Waals surface area contributed by atoms with Gasteiger partial charge >= 0.3 is 0 Å². The van der Waals surface area contributed by atoms with Gasteiger partial charge in [0.1, 0.15) is 11.7 Å². The van der Waals surface area contributed by atoms with E-state index in [-0.39, 0.29) is 22.3 Å². The molecule has 1 saturated heterocycles. The van der Waals surface area contributed by atoms with Crippen molar-refractivity contribution in [3.05, 3.63) is 33.9 Å². The number of anilines is 1. The van der Waals surface area contributed by atoms with Crippen LogP contribution in [0.25, 0.3) is 0 Å². The molecule has 1 aliphatic carbocycles. The molecule has 2 fully saturated rings. The predicted octanol–water partition coefficient (Wildman–Crippen LogP) is 3.06. The van der Waals surface area contributed by atoms with Crippen molar-refractivity contribution in [1.82, 2.24) is 4.90 Å². The highest BCUT2D eigenvalue weighted by atomic mass is 16.6. The summed E-state index contributed by atoms with van der Waals surface area (Å²) in [6, 6.07) is 5.09. The Morgan fingerprint density at radius 1 is 1.32 bits per heavy atom. The zero-order chi connectivity index (χ0) is 17.4. The van der Waals surface area contributed by atoms with Gasteiger partial charge in [-0.05, 0) is 31.7 Å². The molecule has 0 spiro atoms. The molecule has 0 amide bonds. The Hall–Kier alpha value is -2.06. The van der Waals surface area contributed by atoms with Gasteiger partial charge < -0.3 is 4.74 Å². The summed E-state index contributed by atoms with van der Waals surface area (Å²) in [5.74, 6) is 0. The minimum absolute atomic E-state index is 0.0900. The molecule has 0 radical (unpaired) electrons. The van der Waals surface area contributed by atoms with Crippen molar-refractivity contribution in [3.8, 4) is 0 Å². The summed E-state index contributed by atoms with van der Waals surface area (Å²) < 4.78 is 5.54. The van der Waals surface area contributed by atoms with E-state index in [4.69, 9.17) is 4.74 Å². The van der Waals surface area contributed by atoms with Crippen LogP contribution in [0.1, 0.15) is 31.2 Å². The number of non-ortho nitro benzene ring substituents is 1. The van der Waals surface area contributed by atoms with Crippen molar-refractivity contribution < 1.29 is 9.66 Å². The maximum atomic E-state index is 11.2. The Labute approximate surface area is 146 Å². The van der Waals surface area contributed by atoms with Gasteiger partial charge in [-0.15, -0.1) is 0 Å². The molecule has 1 aromatic carbocycles. The van der Waals surface area contributed by atoms with Gasteiger partial charge in [-0.3, -0.25) is 15.0 Å². The number of morpholine rings is 1. The van der Waals surface area contributed by atoms with E-state index in [9.17, 15) is 10.1 Å². The van der Waals surface area contributed by atoms with E-state index in [1.807, 2.05) is 11.9 Å². The summed E-state index contributed by atoms with van der Waals surface area (Å²) in [4.78, 5) is 13.3. The maximum Gasteiger partial charge on any atom is 0.271 e.